The van der Waals surface area contributed by atoms with Gasteiger partial charge in [-0.2, -0.15) is 4.31 Å². The van der Waals surface area contributed by atoms with E-state index in [4.69, 9.17) is 4.74 Å². The lowest BCUT2D eigenvalue weighted by molar-refractivity contribution is -0.139. The number of ether oxygens (including phenoxy) is 2. The van der Waals surface area contributed by atoms with Crippen molar-refractivity contribution in [1.29, 1.82) is 0 Å². The molecule has 1 aliphatic rings. The van der Waals surface area contributed by atoms with Crippen molar-refractivity contribution in [1.82, 2.24) is 9.62 Å². The molecule has 0 spiro atoms. The number of carbonyl (C=O) groups excluding carboxylic acids is 3. The molecule has 2 aromatic rings. The fourth-order valence-corrected chi connectivity index (χ4v) is 4.64. The molecule has 2 aromatic carbocycles. The Morgan fingerprint density at radius 3 is 2.48 bits per heavy atom. The van der Waals surface area contributed by atoms with Crippen LogP contribution in [0.3, 0.4) is 0 Å². The second-order valence-electron chi connectivity index (χ2n) is 7.29. The first-order valence-corrected chi connectivity index (χ1v) is 11.6. The summed E-state index contributed by atoms with van der Waals surface area (Å²) in [6, 6.07) is 10.6. The van der Waals surface area contributed by atoms with E-state index in [2.05, 4.69) is 15.4 Å². The third kappa shape index (κ3) is 5.95. The van der Waals surface area contributed by atoms with Crippen LogP contribution < -0.4 is 10.6 Å². The largest absolute Gasteiger partial charge is 0.468 e. The summed E-state index contributed by atoms with van der Waals surface area (Å²) in [5, 5.41) is 5.11. The number of aryl methyl sites for hydroxylation is 1. The Morgan fingerprint density at radius 2 is 1.79 bits per heavy atom. The summed E-state index contributed by atoms with van der Waals surface area (Å²) in [7, 11) is -2.54. The Hall–Kier alpha value is -3.28. The normalized spacial score (nSPS) is 14.4. The maximum atomic E-state index is 12.9. The molecule has 10 nitrogen and oxygen atoms in total. The highest BCUT2D eigenvalue weighted by Crippen LogP contribution is 2.22. The second-order valence-corrected chi connectivity index (χ2v) is 9.22. The van der Waals surface area contributed by atoms with Gasteiger partial charge in [0.2, 0.25) is 10.0 Å². The number of benzene rings is 2. The highest BCUT2D eigenvalue weighted by molar-refractivity contribution is 7.89. The minimum Gasteiger partial charge on any atom is -0.468 e. The summed E-state index contributed by atoms with van der Waals surface area (Å²) < 4.78 is 36.9. The summed E-state index contributed by atoms with van der Waals surface area (Å²) in [5.41, 5.74) is 1.37. The standard InChI is InChI=1S/C22H25N3O7S/c1-15-6-7-18(33(29,30)25-8-10-32-11-9-25)13-19(15)22(28)24-17-5-3-4-16(12-17)21(27)23-14-20(26)31-2/h3-7,12-13H,8-11,14H2,1-2H3,(H,23,27)(H,24,28). The Labute approximate surface area is 191 Å². The molecular weight excluding hydrogens is 450 g/mol. The van der Waals surface area contributed by atoms with Gasteiger partial charge < -0.3 is 20.1 Å². The average molecular weight is 476 g/mol. The number of nitrogens with one attached hydrogen (secondary N) is 2. The van der Waals surface area contributed by atoms with Crippen molar-refractivity contribution in [3.63, 3.8) is 0 Å². The predicted octanol–water partition coefficient (Wildman–Crippen LogP) is 1.17. The first kappa shape index (κ1) is 24.4. The minimum absolute atomic E-state index is 0.0242. The van der Waals surface area contributed by atoms with Gasteiger partial charge in [-0.3, -0.25) is 14.4 Å². The van der Waals surface area contributed by atoms with E-state index in [1.54, 1.807) is 25.1 Å². The molecule has 2 amide bonds. The lowest BCUT2D eigenvalue weighted by Crippen LogP contribution is -2.40. The van der Waals surface area contributed by atoms with Gasteiger partial charge in [0.25, 0.3) is 11.8 Å². The number of sulfonamides is 1. The first-order valence-electron chi connectivity index (χ1n) is 10.2. The van der Waals surface area contributed by atoms with E-state index < -0.39 is 27.8 Å². The van der Waals surface area contributed by atoms with Crippen molar-refractivity contribution < 1.29 is 32.3 Å². The van der Waals surface area contributed by atoms with E-state index in [1.807, 2.05) is 0 Å². The molecular formula is C22H25N3O7S. The monoisotopic (exact) mass is 475 g/mol. The number of amides is 2. The van der Waals surface area contributed by atoms with Gasteiger partial charge in [-0.15, -0.1) is 0 Å². The van der Waals surface area contributed by atoms with E-state index >= 15 is 0 Å². The fraction of sp³-hybridized carbons (Fsp3) is 0.318. The van der Waals surface area contributed by atoms with Crippen LogP contribution in [-0.2, 0) is 24.3 Å². The van der Waals surface area contributed by atoms with Gasteiger partial charge in [0.1, 0.15) is 6.54 Å². The minimum atomic E-state index is -3.76. The molecule has 176 valence electrons. The third-order valence-corrected chi connectivity index (χ3v) is 6.96. The van der Waals surface area contributed by atoms with E-state index in [0.29, 0.717) is 24.5 Å². The zero-order valence-electron chi connectivity index (χ0n) is 18.3. The fourth-order valence-electron chi connectivity index (χ4n) is 3.21. The number of methoxy groups -OCH3 is 1. The molecule has 1 heterocycles. The predicted molar refractivity (Wildman–Crippen MR) is 120 cm³/mol. The van der Waals surface area contributed by atoms with Crippen LogP contribution in [0.4, 0.5) is 5.69 Å². The molecule has 0 atom stereocenters. The van der Waals surface area contributed by atoms with Crippen molar-refractivity contribution in [3.05, 3.63) is 59.2 Å². The number of hydrogen-bond acceptors (Lipinski definition) is 7. The van der Waals surface area contributed by atoms with Crippen LogP contribution in [0.15, 0.2) is 47.4 Å². The van der Waals surface area contributed by atoms with Crippen LogP contribution in [-0.4, -0.2) is 70.5 Å². The van der Waals surface area contributed by atoms with Gasteiger partial charge in [0, 0.05) is 29.9 Å². The number of rotatable bonds is 7. The first-order chi connectivity index (χ1) is 15.7. The maximum absolute atomic E-state index is 12.9. The third-order valence-electron chi connectivity index (χ3n) is 5.07. The second kappa shape index (κ2) is 10.6. The zero-order chi connectivity index (χ0) is 24.0. The molecule has 0 unspecified atom stereocenters. The van der Waals surface area contributed by atoms with Crippen molar-refractivity contribution in [2.45, 2.75) is 11.8 Å². The summed E-state index contributed by atoms with van der Waals surface area (Å²) in [6.45, 7) is 2.57. The molecule has 33 heavy (non-hydrogen) atoms. The molecule has 0 radical (unpaired) electrons. The highest BCUT2D eigenvalue weighted by atomic mass is 32.2. The Balaban J connectivity index is 1.77. The zero-order valence-corrected chi connectivity index (χ0v) is 19.1. The molecule has 0 bridgehead atoms. The van der Waals surface area contributed by atoms with Gasteiger partial charge in [-0.05, 0) is 42.8 Å². The van der Waals surface area contributed by atoms with Gasteiger partial charge >= 0.3 is 5.97 Å². The molecule has 1 aliphatic heterocycles. The van der Waals surface area contributed by atoms with Crippen LogP contribution in [0.5, 0.6) is 0 Å². The van der Waals surface area contributed by atoms with Crippen LogP contribution in [0.1, 0.15) is 26.3 Å². The smallest absolute Gasteiger partial charge is 0.325 e. The average Bonchev–Trinajstić information content (AvgIpc) is 2.83. The van der Waals surface area contributed by atoms with Crippen LogP contribution >= 0.6 is 0 Å². The van der Waals surface area contributed by atoms with E-state index in [-0.39, 0.29) is 35.7 Å². The maximum Gasteiger partial charge on any atom is 0.325 e. The van der Waals surface area contributed by atoms with Gasteiger partial charge in [0.15, 0.2) is 0 Å². The Morgan fingerprint density at radius 1 is 1.06 bits per heavy atom. The Kier molecular flexibility index (Phi) is 7.79. The summed E-state index contributed by atoms with van der Waals surface area (Å²) in [6.07, 6.45) is 0. The molecule has 1 saturated heterocycles. The molecule has 1 fully saturated rings. The van der Waals surface area contributed by atoms with E-state index in [0.717, 1.165) is 0 Å². The van der Waals surface area contributed by atoms with Gasteiger partial charge in [0.05, 0.1) is 25.2 Å². The summed E-state index contributed by atoms with van der Waals surface area (Å²) in [4.78, 5) is 36.4. The van der Waals surface area contributed by atoms with Crippen LogP contribution in [0.2, 0.25) is 0 Å². The molecule has 0 saturated carbocycles. The van der Waals surface area contributed by atoms with Crippen molar-refractivity contribution >= 4 is 33.5 Å². The number of esters is 1. The van der Waals surface area contributed by atoms with Crippen LogP contribution in [0, 0.1) is 6.92 Å². The molecule has 11 heteroatoms. The van der Waals surface area contributed by atoms with Crippen molar-refractivity contribution in [3.8, 4) is 0 Å². The SMILES string of the molecule is COC(=O)CNC(=O)c1cccc(NC(=O)c2cc(S(=O)(=O)N3CCOCC3)ccc2C)c1. The lowest BCUT2D eigenvalue weighted by Gasteiger charge is -2.26. The van der Waals surface area contributed by atoms with Gasteiger partial charge in [-0.25, -0.2) is 8.42 Å². The molecule has 3 rings (SSSR count). The quantitative estimate of drug-likeness (QED) is 0.575. The summed E-state index contributed by atoms with van der Waals surface area (Å²) >= 11 is 0. The molecule has 2 N–H and O–H groups in total. The number of morpholine rings is 1. The molecule has 0 aliphatic carbocycles. The van der Waals surface area contributed by atoms with Crippen molar-refractivity contribution in [2.75, 3.05) is 45.3 Å². The number of hydrogen-bond donors (Lipinski definition) is 2. The van der Waals surface area contributed by atoms with Crippen LogP contribution in [0.25, 0.3) is 0 Å². The topological polar surface area (TPSA) is 131 Å². The van der Waals surface area contributed by atoms with Gasteiger partial charge in [-0.1, -0.05) is 12.1 Å². The molecule has 0 aromatic heterocycles. The summed E-state index contributed by atoms with van der Waals surface area (Å²) in [5.74, 6) is -1.61. The number of nitrogens with zero attached hydrogens (tertiary/aromatic N) is 1. The van der Waals surface area contributed by atoms with E-state index in [1.165, 1.54) is 35.7 Å². The highest BCUT2D eigenvalue weighted by Gasteiger charge is 2.27. The number of carbonyl (C=O) groups is 3. The Bertz CT molecular complexity index is 1160. The number of anilines is 1. The lowest BCUT2D eigenvalue weighted by atomic mass is 10.1. The van der Waals surface area contributed by atoms with E-state index in [9.17, 15) is 22.8 Å². The van der Waals surface area contributed by atoms with Crippen molar-refractivity contribution in [2.24, 2.45) is 0 Å².